The Morgan fingerprint density at radius 3 is 2.73 bits per heavy atom. The number of rotatable bonds is 2. The number of alkyl halides is 2. The van der Waals surface area contributed by atoms with Gasteiger partial charge in [0.1, 0.15) is 29.7 Å². The van der Waals surface area contributed by atoms with E-state index in [0.29, 0.717) is 5.82 Å². The van der Waals surface area contributed by atoms with Gasteiger partial charge < -0.3 is 10.4 Å². The zero-order valence-corrected chi connectivity index (χ0v) is 14.3. The second-order valence-electron chi connectivity index (χ2n) is 6.59. The molecule has 3 N–H and O–H groups in total. The molecule has 1 aliphatic heterocycles. The second kappa shape index (κ2) is 5.97. The van der Waals surface area contributed by atoms with Gasteiger partial charge in [-0.2, -0.15) is 0 Å². The summed E-state index contributed by atoms with van der Waals surface area (Å²) in [6.45, 7) is 0. The van der Waals surface area contributed by atoms with Crippen molar-refractivity contribution >= 4 is 23.1 Å². The number of nitrogens with zero attached hydrogens (tertiary/aromatic N) is 3. The Morgan fingerprint density at radius 2 is 2.08 bits per heavy atom. The fraction of sp³-hybridized carbons (Fsp3) is 0.438. The Kier molecular flexibility index (Phi) is 3.98. The van der Waals surface area contributed by atoms with Gasteiger partial charge in [0.25, 0.3) is 5.56 Å². The Labute approximate surface area is 152 Å². The van der Waals surface area contributed by atoms with Crippen molar-refractivity contribution in [1.29, 1.82) is 0 Å². The molecular formula is C16H16ClF2N5O2. The molecule has 26 heavy (non-hydrogen) atoms. The molecule has 1 atom stereocenters. The van der Waals surface area contributed by atoms with Crippen molar-refractivity contribution in [2.45, 2.75) is 43.5 Å². The molecule has 1 aliphatic carbocycles. The number of halogens is 3. The van der Waals surface area contributed by atoms with Gasteiger partial charge in [0.15, 0.2) is 0 Å². The third-order valence-corrected chi connectivity index (χ3v) is 5.24. The number of aliphatic hydroxyl groups excluding tert-OH is 1. The largest absolute Gasteiger partial charge is 0.373 e. The minimum Gasteiger partial charge on any atom is -0.373 e. The van der Waals surface area contributed by atoms with Crippen LogP contribution < -0.4 is 16.2 Å². The topological polar surface area (TPSA) is 92.1 Å². The fourth-order valence-electron chi connectivity index (χ4n) is 3.65. The monoisotopic (exact) mass is 383 g/mol. The van der Waals surface area contributed by atoms with Gasteiger partial charge in [-0.15, -0.1) is 0 Å². The zero-order chi connectivity index (χ0) is 18.5. The van der Waals surface area contributed by atoms with Crippen LogP contribution in [-0.4, -0.2) is 25.6 Å². The third kappa shape index (κ3) is 2.76. The van der Waals surface area contributed by atoms with Gasteiger partial charge in [-0.1, -0.05) is 11.6 Å². The lowest BCUT2D eigenvalue weighted by atomic mass is 9.86. The minimum absolute atomic E-state index is 0.0112. The lowest BCUT2D eigenvalue weighted by molar-refractivity contribution is -0.0734. The van der Waals surface area contributed by atoms with Gasteiger partial charge in [0, 0.05) is 19.0 Å². The smallest absolute Gasteiger partial charge is 0.276 e. The van der Waals surface area contributed by atoms with Crippen LogP contribution in [0.15, 0.2) is 29.5 Å². The van der Waals surface area contributed by atoms with E-state index in [4.69, 9.17) is 11.6 Å². The highest BCUT2D eigenvalue weighted by molar-refractivity contribution is 6.31. The average Bonchev–Trinajstić information content (AvgIpc) is 2.90. The molecule has 3 heterocycles. The standard InChI is InChI=1S/C16H16ClF2N5O2/c17-9-7-10(22-11-1-6-20-8-21-11)14(26)24-12(9)13(25)23-16(24)4-2-15(18,19)3-5-16/h1,6-8,13,23,25H,2-5H2,(H,20,21,22). The van der Waals surface area contributed by atoms with Crippen molar-refractivity contribution in [2.24, 2.45) is 0 Å². The van der Waals surface area contributed by atoms with Crippen molar-refractivity contribution in [2.75, 3.05) is 5.32 Å². The van der Waals surface area contributed by atoms with Crippen molar-refractivity contribution in [1.82, 2.24) is 19.9 Å². The number of nitrogens with one attached hydrogen (secondary N) is 2. The molecule has 0 bridgehead atoms. The van der Waals surface area contributed by atoms with E-state index in [1.807, 2.05) is 0 Å². The number of fused-ring (bicyclic) bond motifs is 2. The number of anilines is 2. The van der Waals surface area contributed by atoms with Crippen LogP contribution in [0.2, 0.25) is 5.02 Å². The van der Waals surface area contributed by atoms with Crippen molar-refractivity contribution in [3.8, 4) is 0 Å². The Hall–Kier alpha value is -2.10. The highest BCUT2D eigenvalue weighted by atomic mass is 35.5. The molecule has 0 radical (unpaired) electrons. The number of hydrogen-bond donors (Lipinski definition) is 3. The molecule has 0 aromatic carbocycles. The highest BCUT2D eigenvalue weighted by Gasteiger charge is 2.51. The first-order valence-electron chi connectivity index (χ1n) is 8.14. The molecule has 1 unspecified atom stereocenters. The molecule has 2 aromatic rings. The highest BCUT2D eigenvalue weighted by Crippen LogP contribution is 2.46. The van der Waals surface area contributed by atoms with E-state index >= 15 is 0 Å². The van der Waals surface area contributed by atoms with Crippen molar-refractivity contribution in [3.05, 3.63) is 45.7 Å². The molecule has 2 aromatic heterocycles. The summed E-state index contributed by atoms with van der Waals surface area (Å²) in [7, 11) is 0. The van der Waals surface area contributed by atoms with Gasteiger partial charge in [-0.05, 0) is 25.0 Å². The van der Waals surface area contributed by atoms with E-state index in [-0.39, 0.29) is 42.1 Å². The van der Waals surface area contributed by atoms with Crippen LogP contribution >= 0.6 is 11.6 Å². The number of aromatic nitrogens is 3. The first kappa shape index (κ1) is 17.3. The average molecular weight is 384 g/mol. The van der Waals surface area contributed by atoms with Crippen LogP contribution in [0.3, 0.4) is 0 Å². The molecule has 0 saturated heterocycles. The summed E-state index contributed by atoms with van der Waals surface area (Å²) in [5, 5.41) is 16.3. The summed E-state index contributed by atoms with van der Waals surface area (Å²) in [6.07, 6.45) is 0.909. The summed E-state index contributed by atoms with van der Waals surface area (Å²) < 4.78 is 28.6. The zero-order valence-electron chi connectivity index (χ0n) is 13.5. The molecule has 0 amide bonds. The molecular weight excluding hydrogens is 368 g/mol. The maximum Gasteiger partial charge on any atom is 0.276 e. The lowest BCUT2D eigenvalue weighted by Crippen LogP contribution is -2.51. The quantitative estimate of drug-likeness (QED) is 0.738. The Morgan fingerprint density at radius 1 is 1.35 bits per heavy atom. The fourth-order valence-corrected chi connectivity index (χ4v) is 3.95. The summed E-state index contributed by atoms with van der Waals surface area (Å²) in [4.78, 5) is 20.9. The van der Waals surface area contributed by atoms with Gasteiger partial charge in [-0.25, -0.2) is 18.7 Å². The first-order chi connectivity index (χ1) is 12.3. The van der Waals surface area contributed by atoms with E-state index in [9.17, 15) is 18.7 Å². The maximum atomic E-state index is 13.6. The van der Waals surface area contributed by atoms with Crippen LogP contribution in [0.25, 0.3) is 0 Å². The summed E-state index contributed by atoms with van der Waals surface area (Å²) in [5.41, 5.74) is -1.21. The predicted molar refractivity (Wildman–Crippen MR) is 90.5 cm³/mol. The van der Waals surface area contributed by atoms with Crippen LogP contribution in [0, 0.1) is 0 Å². The van der Waals surface area contributed by atoms with E-state index in [0.717, 1.165) is 0 Å². The Balaban J connectivity index is 1.80. The predicted octanol–water partition coefficient (Wildman–Crippen LogP) is 2.49. The molecule has 2 aliphatic rings. The van der Waals surface area contributed by atoms with Gasteiger partial charge in [0.05, 0.1) is 10.7 Å². The summed E-state index contributed by atoms with van der Waals surface area (Å²) >= 11 is 6.29. The van der Waals surface area contributed by atoms with E-state index in [1.165, 1.54) is 23.2 Å². The minimum atomic E-state index is -2.77. The first-order valence-corrected chi connectivity index (χ1v) is 8.52. The SMILES string of the molecule is O=c1c(Nc2ccncn2)cc(Cl)c2n1C1(CCC(F)(F)CC1)NC2O. The van der Waals surface area contributed by atoms with Gasteiger partial charge in [0.2, 0.25) is 5.92 Å². The summed E-state index contributed by atoms with van der Waals surface area (Å²) in [6, 6.07) is 2.98. The lowest BCUT2D eigenvalue weighted by Gasteiger charge is -2.38. The van der Waals surface area contributed by atoms with Crippen LogP contribution in [-0.2, 0) is 5.66 Å². The number of hydrogen-bond acceptors (Lipinski definition) is 6. The maximum absolute atomic E-state index is 13.6. The van der Waals surface area contributed by atoms with E-state index < -0.39 is 23.4 Å². The van der Waals surface area contributed by atoms with E-state index in [1.54, 1.807) is 6.07 Å². The van der Waals surface area contributed by atoms with Crippen LogP contribution in [0.5, 0.6) is 0 Å². The molecule has 138 valence electrons. The van der Waals surface area contributed by atoms with Crippen LogP contribution in [0.1, 0.15) is 37.6 Å². The Bertz CT molecular complexity index is 896. The third-order valence-electron chi connectivity index (χ3n) is 4.94. The van der Waals surface area contributed by atoms with Crippen molar-refractivity contribution in [3.63, 3.8) is 0 Å². The second-order valence-corrected chi connectivity index (χ2v) is 6.99. The molecule has 7 nitrogen and oxygen atoms in total. The molecule has 4 rings (SSSR count). The molecule has 1 saturated carbocycles. The van der Waals surface area contributed by atoms with Crippen molar-refractivity contribution < 1.29 is 13.9 Å². The van der Waals surface area contributed by atoms with Gasteiger partial charge in [-0.3, -0.25) is 14.7 Å². The summed E-state index contributed by atoms with van der Waals surface area (Å²) in [5.74, 6) is -2.38. The number of pyridine rings is 1. The molecule has 1 spiro atoms. The van der Waals surface area contributed by atoms with E-state index in [2.05, 4.69) is 20.6 Å². The van der Waals surface area contributed by atoms with Crippen LogP contribution in [0.4, 0.5) is 20.3 Å². The molecule has 1 fully saturated rings. The normalized spacial score (nSPS) is 23.0. The molecule has 10 heteroatoms. The van der Waals surface area contributed by atoms with Gasteiger partial charge >= 0.3 is 0 Å². The number of aliphatic hydroxyl groups is 1.